The third-order valence-electron chi connectivity index (χ3n) is 2.40. The molecule has 2 heteroatoms. The van der Waals surface area contributed by atoms with E-state index in [9.17, 15) is 4.79 Å². The summed E-state index contributed by atoms with van der Waals surface area (Å²) >= 11 is 0. The van der Waals surface area contributed by atoms with E-state index in [-0.39, 0.29) is 5.78 Å². The van der Waals surface area contributed by atoms with Crippen LogP contribution in [0.15, 0.2) is 36.4 Å². The summed E-state index contributed by atoms with van der Waals surface area (Å²) in [5.74, 6) is 0.118. The summed E-state index contributed by atoms with van der Waals surface area (Å²) in [4.78, 5) is 11.2. The molecule has 0 aliphatic rings. The average Bonchev–Trinajstić information content (AvgIpc) is 2.16. The van der Waals surface area contributed by atoms with Crippen LogP contribution in [0.1, 0.15) is 17.3 Å². The number of hydrogen-bond acceptors (Lipinski definition) is 1. The first kappa shape index (κ1) is 9.01. The van der Waals surface area contributed by atoms with E-state index in [0.717, 1.165) is 10.9 Å². The van der Waals surface area contributed by atoms with E-state index < -0.39 is 0 Å². The molecule has 0 saturated carbocycles. The van der Waals surface area contributed by atoms with E-state index in [2.05, 4.69) is 26.0 Å². The molecule has 0 fully saturated rings. The van der Waals surface area contributed by atoms with Crippen molar-refractivity contribution in [3.05, 3.63) is 42.0 Å². The zero-order valence-electron chi connectivity index (χ0n) is 8.37. The van der Waals surface area contributed by atoms with Gasteiger partial charge in [-0.3, -0.25) is 4.79 Å². The highest BCUT2D eigenvalue weighted by Gasteiger charge is 2.00. The highest BCUT2D eigenvalue weighted by atomic mass is 16.1. The Morgan fingerprint density at radius 1 is 1.07 bits per heavy atom. The molecule has 2 rings (SSSR count). The van der Waals surface area contributed by atoms with Crippen LogP contribution in [-0.4, -0.2) is 13.6 Å². The topological polar surface area (TPSA) is 17.1 Å². The smallest absolute Gasteiger partial charge is 0.159 e. The lowest BCUT2D eigenvalue weighted by Gasteiger charge is -2.01. The minimum absolute atomic E-state index is 0.118. The van der Waals surface area contributed by atoms with Crippen molar-refractivity contribution in [1.82, 2.24) is 0 Å². The van der Waals surface area contributed by atoms with Gasteiger partial charge in [-0.2, -0.15) is 0 Å². The van der Waals surface area contributed by atoms with Gasteiger partial charge < -0.3 is 0 Å². The summed E-state index contributed by atoms with van der Waals surface area (Å²) in [6.45, 7) is 1.59. The molecule has 0 saturated heterocycles. The van der Waals surface area contributed by atoms with E-state index in [1.165, 1.54) is 10.8 Å². The largest absolute Gasteiger partial charge is 0.295 e. The molecule has 0 bridgehead atoms. The van der Waals surface area contributed by atoms with E-state index >= 15 is 0 Å². The number of ketones is 1. The predicted molar refractivity (Wildman–Crippen MR) is 62.1 cm³/mol. The lowest BCUT2D eigenvalue weighted by molar-refractivity contribution is 0.101. The Morgan fingerprint density at radius 2 is 1.71 bits per heavy atom. The molecule has 0 aromatic heterocycles. The minimum Gasteiger partial charge on any atom is -0.295 e. The Bertz CT molecular complexity index is 503. The second-order valence-corrected chi connectivity index (χ2v) is 3.62. The number of carbonyl (C=O) groups excluding carboxylic acids is 1. The molecule has 14 heavy (non-hydrogen) atoms. The fraction of sp³-hybridized carbons (Fsp3) is 0.0833. The number of Topliss-reactive ketones (excluding diaryl/α,β-unsaturated/α-hetero) is 1. The second-order valence-electron chi connectivity index (χ2n) is 3.62. The fourth-order valence-electron chi connectivity index (χ4n) is 1.58. The van der Waals surface area contributed by atoms with Gasteiger partial charge >= 0.3 is 0 Å². The Kier molecular flexibility index (Phi) is 2.12. The maximum absolute atomic E-state index is 11.2. The van der Waals surface area contributed by atoms with E-state index in [4.69, 9.17) is 0 Å². The van der Waals surface area contributed by atoms with E-state index in [0.29, 0.717) is 0 Å². The number of hydrogen-bond donors (Lipinski definition) is 0. The van der Waals surface area contributed by atoms with Crippen molar-refractivity contribution >= 4 is 29.9 Å². The maximum Gasteiger partial charge on any atom is 0.159 e. The van der Waals surface area contributed by atoms with Crippen molar-refractivity contribution < 1.29 is 4.79 Å². The summed E-state index contributed by atoms with van der Waals surface area (Å²) in [6, 6.07) is 12.1. The zero-order chi connectivity index (χ0) is 10.1. The number of carbonyl (C=O) groups is 1. The highest BCUT2D eigenvalue weighted by molar-refractivity contribution is 6.33. The molecule has 0 atom stereocenters. The number of rotatable bonds is 1. The van der Waals surface area contributed by atoms with Crippen molar-refractivity contribution in [2.75, 3.05) is 0 Å². The van der Waals surface area contributed by atoms with Crippen molar-refractivity contribution in [1.29, 1.82) is 0 Å². The molecular weight excluding hydrogens is 171 g/mol. The molecule has 0 radical (unpaired) electrons. The first-order valence-corrected chi connectivity index (χ1v) is 4.68. The third-order valence-corrected chi connectivity index (χ3v) is 2.40. The molecule has 0 N–H and O–H groups in total. The minimum atomic E-state index is 0.118. The molecule has 0 aliphatic carbocycles. The first-order chi connectivity index (χ1) is 6.66. The molecule has 68 valence electrons. The van der Waals surface area contributed by atoms with Gasteiger partial charge in [-0.25, -0.2) is 0 Å². The van der Waals surface area contributed by atoms with Crippen LogP contribution in [0, 0.1) is 0 Å². The molecule has 0 heterocycles. The zero-order valence-corrected chi connectivity index (χ0v) is 8.37. The van der Waals surface area contributed by atoms with Crippen LogP contribution >= 0.6 is 0 Å². The average molecular weight is 182 g/mol. The van der Waals surface area contributed by atoms with Gasteiger partial charge in [0.05, 0.1) is 0 Å². The number of benzene rings is 2. The summed E-state index contributed by atoms with van der Waals surface area (Å²) in [5, 5.41) is 2.32. The van der Waals surface area contributed by atoms with Gasteiger partial charge in [0.25, 0.3) is 0 Å². The molecule has 0 aliphatic heterocycles. The summed E-state index contributed by atoms with van der Waals surface area (Å²) in [5.41, 5.74) is 2.02. The number of fused-ring (bicyclic) bond motifs is 1. The van der Waals surface area contributed by atoms with E-state index in [1.807, 2.05) is 18.2 Å². The molecule has 2 aromatic rings. The van der Waals surface area contributed by atoms with Crippen molar-refractivity contribution in [2.45, 2.75) is 6.92 Å². The van der Waals surface area contributed by atoms with Crippen LogP contribution in [-0.2, 0) is 0 Å². The van der Waals surface area contributed by atoms with Crippen LogP contribution in [0.5, 0.6) is 0 Å². The SMILES string of the molecule is Bc1ccc2cc(C(C)=O)ccc2c1. The monoisotopic (exact) mass is 182 g/mol. The van der Waals surface area contributed by atoms with Crippen molar-refractivity contribution in [3.8, 4) is 0 Å². The van der Waals surface area contributed by atoms with Gasteiger partial charge in [0.15, 0.2) is 5.78 Å². The lowest BCUT2D eigenvalue weighted by atomic mass is 9.93. The van der Waals surface area contributed by atoms with Gasteiger partial charge in [-0.15, -0.1) is 0 Å². The highest BCUT2D eigenvalue weighted by Crippen LogP contribution is 2.14. The lowest BCUT2D eigenvalue weighted by Crippen LogP contribution is -2.00. The third kappa shape index (κ3) is 1.56. The van der Waals surface area contributed by atoms with Gasteiger partial charge in [0, 0.05) is 5.56 Å². The van der Waals surface area contributed by atoms with Crippen molar-refractivity contribution in [3.63, 3.8) is 0 Å². The summed E-state index contributed by atoms with van der Waals surface area (Å²) < 4.78 is 0. The van der Waals surface area contributed by atoms with Gasteiger partial charge in [-0.1, -0.05) is 35.8 Å². The molecule has 0 spiro atoms. The molecular formula is C12H11BO. The van der Waals surface area contributed by atoms with Crippen LogP contribution in [0.25, 0.3) is 10.8 Å². The second kappa shape index (κ2) is 3.30. The first-order valence-electron chi connectivity index (χ1n) is 4.68. The Hall–Kier alpha value is -1.57. The van der Waals surface area contributed by atoms with Gasteiger partial charge in [-0.05, 0) is 23.8 Å². The van der Waals surface area contributed by atoms with Crippen molar-refractivity contribution in [2.24, 2.45) is 0 Å². The van der Waals surface area contributed by atoms with Crippen LogP contribution in [0.3, 0.4) is 0 Å². The quantitative estimate of drug-likeness (QED) is 0.479. The molecule has 1 nitrogen and oxygen atoms in total. The van der Waals surface area contributed by atoms with Crippen LogP contribution in [0.2, 0.25) is 0 Å². The van der Waals surface area contributed by atoms with E-state index in [1.54, 1.807) is 6.92 Å². The fourth-order valence-corrected chi connectivity index (χ4v) is 1.58. The van der Waals surface area contributed by atoms with Crippen LogP contribution in [0.4, 0.5) is 0 Å². The maximum atomic E-state index is 11.2. The standard InChI is InChI=1S/C12H11BO/c1-8(14)9-2-3-11-7-12(13)5-4-10(11)6-9/h2-7H,13H2,1H3. The Labute approximate surface area is 84.2 Å². The van der Waals surface area contributed by atoms with Crippen LogP contribution < -0.4 is 5.46 Å². The Morgan fingerprint density at radius 3 is 2.43 bits per heavy atom. The molecule has 0 amide bonds. The summed E-state index contributed by atoms with van der Waals surface area (Å²) in [6.07, 6.45) is 0. The van der Waals surface area contributed by atoms with Gasteiger partial charge in [0.2, 0.25) is 0 Å². The molecule has 2 aromatic carbocycles. The van der Waals surface area contributed by atoms with Gasteiger partial charge in [0.1, 0.15) is 7.85 Å². The molecule has 0 unspecified atom stereocenters. The predicted octanol–water partition coefficient (Wildman–Crippen LogP) is 1.30. The summed E-state index contributed by atoms with van der Waals surface area (Å²) in [7, 11) is 2.07. The normalized spacial score (nSPS) is 10.4. The Balaban J connectivity index is 2.67.